The predicted molar refractivity (Wildman–Crippen MR) is 127 cm³/mol. The Morgan fingerprint density at radius 3 is 2.41 bits per heavy atom. The molecule has 0 aromatic rings. The van der Waals surface area contributed by atoms with Crippen molar-refractivity contribution in [2.45, 2.75) is 96.5 Å². The first kappa shape index (κ1) is 23.3. The van der Waals surface area contributed by atoms with Gasteiger partial charge >= 0.3 is 11.9 Å². The van der Waals surface area contributed by atoms with Crippen LogP contribution in [0.5, 0.6) is 0 Å². The van der Waals surface area contributed by atoms with Crippen molar-refractivity contribution in [3.05, 3.63) is 0 Å². The second-order valence-corrected chi connectivity index (χ2v) is 12.8. The van der Waals surface area contributed by atoms with Gasteiger partial charge in [0.05, 0.1) is 12.5 Å². The van der Waals surface area contributed by atoms with Crippen LogP contribution in [0.4, 0.5) is 0 Å². The summed E-state index contributed by atoms with van der Waals surface area (Å²) in [5, 5.41) is 0. The fourth-order valence-corrected chi connectivity index (χ4v) is 10.0. The zero-order valence-corrected chi connectivity index (χ0v) is 21.0. The standard InChI is InChI=1S/C29H44O5/c1-2-26(30)34-25-15-21-14-24(25)28-22-12-20(27(21)28)13-23(22)29(31)33-16-32-8-4-7-19-10-17-5-3-6-18(9-17)11-19/h17-25,27-28H,2-16H2,1H3. The van der Waals surface area contributed by atoms with Crippen molar-refractivity contribution < 1.29 is 23.8 Å². The molecule has 5 nitrogen and oxygen atoms in total. The van der Waals surface area contributed by atoms with E-state index in [1.54, 1.807) is 0 Å². The monoisotopic (exact) mass is 472 g/mol. The fraction of sp³-hybridized carbons (Fsp3) is 0.931. The van der Waals surface area contributed by atoms with Gasteiger partial charge in [-0.05, 0) is 111 Å². The van der Waals surface area contributed by atoms with Gasteiger partial charge in [0.2, 0.25) is 0 Å². The predicted octanol–water partition coefficient (Wildman–Crippen LogP) is 5.75. The number of hydrogen-bond donors (Lipinski definition) is 0. The van der Waals surface area contributed by atoms with Gasteiger partial charge in [0.1, 0.15) is 6.10 Å². The molecule has 0 aliphatic heterocycles. The van der Waals surface area contributed by atoms with Crippen LogP contribution in [-0.4, -0.2) is 31.4 Å². The Balaban J connectivity index is 0.920. The van der Waals surface area contributed by atoms with Crippen LogP contribution in [0, 0.1) is 59.2 Å². The topological polar surface area (TPSA) is 61.8 Å². The molecule has 190 valence electrons. The van der Waals surface area contributed by atoms with Crippen LogP contribution in [-0.2, 0) is 23.8 Å². The maximum atomic E-state index is 12.9. The molecule has 10 atom stereocenters. The molecule has 6 saturated carbocycles. The van der Waals surface area contributed by atoms with Crippen molar-refractivity contribution in [1.29, 1.82) is 0 Å². The highest BCUT2D eigenvalue weighted by atomic mass is 16.7. The van der Waals surface area contributed by atoms with Crippen LogP contribution in [0.2, 0.25) is 0 Å². The molecule has 6 aliphatic rings. The lowest BCUT2D eigenvalue weighted by atomic mass is 9.67. The Morgan fingerprint density at radius 1 is 0.853 bits per heavy atom. The van der Waals surface area contributed by atoms with Crippen molar-refractivity contribution in [1.82, 2.24) is 0 Å². The smallest absolute Gasteiger partial charge is 0.311 e. The molecule has 6 aliphatic carbocycles. The highest BCUT2D eigenvalue weighted by Gasteiger charge is 2.66. The molecule has 0 spiro atoms. The number of hydrogen-bond acceptors (Lipinski definition) is 5. The van der Waals surface area contributed by atoms with Crippen molar-refractivity contribution >= 4 is 11.9 Å². The molecular weight excluding hydrogens is 428 g/mol. The summed E-state index contributed by atoms with van der Waals surface area (Å²) < 4.78 is 17.2. The number of ether oxygens (including phenoxy) is 3. The molecule has 0 amide bonds. The Morgan fingerprint density at radius 2 is 1.62 bits per heavy atom. The largest absolute Gasteiger partial charge is 0.462 e. The van der Waals surface area contributed by atoms with Gasteiger partial charge in [-0.1, -0.05) is 26.2 Å². The molecule has 0 aromatic heterocycles. The Labute approximate surface area is 205 Å². The van der Waals surface area contributed by atoms with E-state index in [-0.39, 0.29) is 30.8 Å². The molecule has 10 unspecified atom stereocenters. The quantitative estimate of drug-likeness (QED) is 0.185. The molecule has 34 heavy (non-hydrogen) atoms. The van der Waals surface area contributed by atoms with E-state index in [0.717, 1.165) is 42.9 Å². The SMILES string of the molecule is CCC(=O)OC1CC2CC1C1C3CC(CC3C(=O)OCOCCCC3CC4CCCC(C3)C4)C21. The van der Waals surface area contributed by atoms with Crippen LogP contribution in [0.25, 0.3) is 0 Å². The summed E-state index contributed by atoms with van der Waals surface area (Å²) in [5.74, 6) is 6.34. The Hall–Kier alpha value is -1.10. The molecule has 6 bridgehead atoms. The maximum Gasteiger partial charge on any atom is 0.311 e. The van der Waals surface area contributed by atoms with Gasteiger partial charge in [-0.15, -0.1) is 0 Å². The van der Waals surface area contributed by atoms with Crippen molar-refractivity contribution in [2.75, 3.05) is 13.4 Å². The lowest BCUT2D eigenvalue weighted by Gasteiger charge is -2.40. The minimum Gasteiger partial charge on any atom is -0.462 e. The number of fused-ring (bicyclic) bond motifs is 11. The third-order valence-corrected chi connectivity index (χ3v) is 11.0. The summed E-state index contributed by atoms with van der Waals surface area (Å²) in [5.41, 5.74) is 0. The van der Waals surface area contributed by atoms with Gasteiger partial charge in [-0.3, -0.25) is 9.59 Å². The van der Waals surface area contributed by atoms with E-state index in [1.165, 1.54) is 57.8 Å². The minimum absolute atomic E-state index is 0.0263. The molecule has 6 rings (SSSR count). The summed E-state index contributed by atoms with van der Waals surface area (Å²) in [4.78, 5) is 24.8. The molecule has 0 saturated heterocycles. The van der Waals surface area contributed by atoms with Crippen molar-refractivity contribution in [3.63, 3.8) is 0 Å². The first-order valence-electron chi connectivity index (χ1n) is 14.5. The number of carbonyl (C=O) groups excluding carboxylic acids is 2. The number of esters is 2. The van der Waals surface area contributed by atoms with E-state index in [4.69, 9.17) is 14.2 Å². The van der Waals surface area contributed by atoms with E-state index in [2.05, 4.69) is 0 Å². The molecule has 6 fully saturated rings. The lowest BCUT2D eigenvalue weighted by Crippen LogP contribution is -2.41. The third-order valence-electron chi connectivity index (χ3n) is 11.0. The molecular formula is C29H44O5. The summed E-state index contributed by atoms with van der Waals surface area (Å²) >= 11 is 0. The summed E-state index contributed by atoms with van der Waals surface area (Å²) in [7, 11) is 0. The van der Waals surface area contributed by atoms with Gasteiger partial charge in [-0.2, -0.15) is 0 Å². The number of rotatable bonds is 9. The molecule has 0 heterocycles. The molecule has 5 heteroatoms. The second kappa shape index (κ2) is 9.75. The van der Waals surface area contributed by atoms with Gasteiger partial charge in [0, 0.05) is 6.42 Å². The van der Waals surface area contributed by atoms with Crippen molar-refractivity contribution in [2.24, 2.45) is 59.2 Å². The zero-order chi connectivity index (χ0) is 23.2. The van der Waals surface area contributed by atoms with Gasteiger partial charge in [0.15, 0.2) is 6.79 Å². The van der Waals surface area contributed by atoms with Crippen LogP contribution in [0.15, 0.2) is 0 Å². The van der Waals surface area contributed by atoms with E-state index in [1.807, 2.05) is 6.92 Å². The van der Waals surface area contributed by atoms with Crippen molar-refractivity contribution in [3.8, 4) is 0 Å². The van der Waals surface area contributed by atoms with Crippen LogP contribution < -0.4 is 0 Å². The van der Waals surface area contributed by atoms with Crippen LogP contribution in [0.1, 0.15) is 90.4 Å². The Bertz CT molecular complexity index is 754. The van der Waals surface area contributed by atoms with Gasteiger partial charge in [0.25, 0.3) is 0 Å². The highest BCUT2D eigenvalue weighted by Crippen LogP contribution is 2.69. The summed E-state index contributed by atoms with van der Waals surface area (Å²) in [6.07, 6.45) is 16.0. The maximum absolute atomic E-state index is 12.9. The van der Waals surface area contributed by atoms with E-state index >= 15 is 0 Å². The lowest BCUT2D eigenvalue weighted by molar-refractivity contribution is -0.167. The average molecular weight is 473 g/mol. The summed E-state index contributed by atoms with van der Waals surface area (Å²) in [6, 6.07) is 0. The first-order valence-corrected chi connectivity index (χ1v) is 14.5. The van der Waals surface area contributed by atoms with Crippen LogP contribution in [0.3, 0.4) is 0 Å². The molecule has 0 aromatic carbocycles. The Kier molecular flexibility index (Phi) is 6.68. The molecule has 0 N–H and O–H groups in total. The minimum atomic E-state index is -0.0725. The molecule has 0 radical (unpaired) electrons. The highest BCUT2D eigenvalue weighted by molar-refractivity contribution is 5.73. The van der Waals surface area contributed by atoms with Crippen LogP contribution >= 0.6 is 0 Å². The normalized spacial score (nSPS) is 45.9. The van der Waals surface area contributed by atoms with E-state index in [0.29, 0.717) is 42.6 Å². The third kappa shape index (κ3) is 4.33. The number of carbonyl (C=O) groups is 2. The fourth-order valence-electron chi connectivity index (χ4n) is 10.0. The first-order chi connectivity index (χ1) is 16.6. The van der Waals surface area contributed by atoms with E-state index < -0.39 is 0 Å². The zero-order valence-electron chi connectivity index (χ0n) is 21.0. The second-order valence-electron chi connectivity index (χ2n) is 12.8. The van der Waals surface area contributed by atoms with E-state index in [9.17, 15) is 9.59 Å². The summed E-state index contributed by atoms with van der Waals surface area (Å²) in [6.45, 7) is 2.68. The average Bonchev–Trinajstić information content (AvgIpc) is 3.60. The van der Waals surface area contributed by atoms with Gasteiger partial charge < -0.3 is 14.2 Å². The van der Waals surface area contributed by atoms with Gasteiger partial charge in [-0.25, -0.2) is 0 Å².